The van der Waals surface area contributed by atoms with Crippen LogP contribution in [-0.4, -0.2) is 32.1 Å². The van der Waals surface area contributed by atoms with Crippen molar-refractivity contribution >= 4 is 33.0 Å². The van der Waals surface area contributed by atoms with Crippen molar-refractivity contribution in [2.45, 2.75) is 29.0 Å². The van der Waals surface area contributed by atoms with Crippen molar-refractivity contribution in [1.29, 1.82) is 0 Å². The van der Waals surface area contributed by atoms with Crippen LogP contribution in [0.2, 0.25) is 4.34 Å². The first-order valence-corrected chi connectivity index (χ1v) is 9.20. The van der Waals surface area contributed by atoms with Gasteiger partial charge in [0.2, 0.25) is 10.0 Å². The molecular formula is C12H14ClF2NO3S2. The molecule has 0 aliphatic heterocycles. The minimum Gasteiger partial charge on any atom is -0.395 e. The van der Waals surface area contributed by atoms with Gasteiger partial charge in [0.1, 0.15) is 4.21 Å². The zero-order chi connectivity index (χ0) is 15.4. The average molecular weight is 358 g/mol. The molecule has 9 heteroatoms. The maximum Gasteiger partial charge on any atom is 0.254 e. The minimum absolute atomic E-state index is 0.0550. The van der Waals surface area contributed by atoms with Gasteiger partial charge in [0, 0.05) is 17.9 Å². The van der Waals surface area contributed by atoms with E-state index in [9.17, 15) is 22.3 Å². The molecule has 1 heterocycles. The van der Waals surface area contributed by atoms with Crippen LogP contribution in [0, 0.1) is 17.8 Å². The Morgan fingerprint density at radius 3 is 2.52 bits per heavy atom. The van der Waals surface area contributed by atoms with Crippen LogP contribution in [0.5, 0.6) is 0 Å². The van der Waals surface area contributed by atoms with Gasteiger partial charge in [-0.05, 0) is 30.9 Å². The van der Waals surface area contributed by atoms with Crippen molar-refractivity contribution in [2.24, 2.45) is 17.8 Å². The average Bonchev–Trinajstić information content (AvgIpc) is 2.88. The monoisotopic (exact) mass is 357 g/mol. The summed E-state index contributed by atoms with van der Waals surface area (Å²) in [5.74, 6) is -4.17. The van der Waals surface area contributed by atoms with Crippen LogP contribution in [0.1, 0.15) is 12.8 Å². The first-order valence-electron chi connectivity index (χ1n) is 6.52. The van der Waals surface area contributed by atoms with E-state index in [0.717, 1.165) is 11.3 Å². The van der Waals surface area contributed by atoms with Crippen molar-refractivity contribution in [1.82, 2.24) is 4.72 Å². The van der Waals surface area contributed by atoms with Gasteiger partial charge in [-0.2, -0.15) is 0 Å². The van der Waals surface area contributed by atoms with Gasteiger partial charge in [-0.15, -0.1) is 11.3 Å². The highest BCUT2D eigenvalue weighted by molar-refractivity contribution is 7.91. The number of fused-ring (bicyclic) bond motifs is 1. The van der Waals surface area contributed by atoms with Gasteiger partial charge in [-0.1, -0.05) is 11.6 Å². The largest absolute Gasteiger partial charge is 0.395 e. The first-order chi connectivity index (χ1) is 9.75. The second kappa shape index (κ2) is 5.13. The number of alkyl halides is 2. The van der Waals surface area contributed by atoms with E-state index in [4.69, 9.17) is 11.6 Å². The summed E-state index contributed by atoms with van der Waals surface area (Å²) in [6.45, 7) is -0.409. The number of rotatable bonds is 5. The third-order valence-electron chi connectivity index (χ3n) is 4.36. The number of thiophene rings is 1. The molecular weight excluding hydrogens is 344 g/mol. The van der Waals surface area contributed by atoms with Crippen LogP contribution in [0.4, 0.5) is 8.78 Å². The fourth-order valence-electron chi connectivity index (χ4n) is 3.16. The van der Waals surface area contributed by atoms with E-state index in [1.165, 1.54) is 12.1 Å². The van der Waals surface area contributed by atoms with E-state index < -0.39 is 40.4 Å². The summed E-state index contributed by atoms with van der Waals surface area (Å²) in [6.07, 6.45) is 0.493. The van der Waals surface area contributed by atoms with Crippen molar-refractivity contribution in [3.8, 4) is 0 Å². The van der Waals surface area contributed by atoms with Gasteiger partial charge in [0.25, 0.3) is 5.92 Å². The number of sulfonamides is 1. The number of nitrogens with one attached hydrogen (secondary N) is 1. The lowest BCUT2D eigenvalue weighted by Crippen LogP contribution is -2.42. The predicted molar refractivity (Wildman–Crippen MR) is 75.2 cm³/mol. The Bertz CT molecular complexity index is 635. The van der Waals surface area contributed by atoms with Crippen LogP contribution in [0.15, 0.2) is 16.3 Å². The van der Waals surface area contributed by atoms with Crippen molar-refractivity contribution in [3.63, 3.8) is 0 Å². The Morgan fingerprint density at radius 1 is 1.43 bits per heavy atom. The Labute approximate surface area is 130 Å². The number of aliphatic hydroxyl groups is 1. The van der Waals surface area contributed by atoms with Gasteiger partial charge < -0.3 is 5.11 Å². The standard InChI is InChI=1S/C12H14ClF2NO3S2/c13-10-1-2-11(20-10)21(18,19)16-9(5-17)6-3-7-8(4-6)12(7,14)15/h1-2,6-9,16-17H,3-5H2. The summed E-state index contributed by atoms with van der Waals surface area (Å²) in [5, 5.41) is 9.40. The highest BCUT2D eigenvalue weighted by atomic mass is 35.5. The van der Waals surface area contributed by atoms with E-state index in [-0.39, 0.29) is 23.0 Å². The molecule has 2 N–H and O–H groups in total. The van der Waals surface area contributed by atoms with Crippen molar-refractivity contribution in [2.75, 3.05) is 6.61 Å². The van der Waals surface area contributed by atoms with Gasteiger partial charge in [-0.3, -0.25) is 0 Å². The first kappa shape index (κ1) is 15.6. The summed E-state index contributed by atoms with van der Waals surface area (Å²) in [6, 6.07) is 2.11. The molecule has 0 spiro atoms. The molecule has 1 aromatic rings. The van der Waals surface area contributed by atoms with Crippen LogP contribution in [0.3, 0.4) is 0 Å². The quantitative estimate of drug-likeness (QED) is 0.850. The molecule has 1 aromatic heterocycles. The highest BCUT2D eigenvalue weighted by Gasteiger charge is 2.71. The molecule has 2 fully saturated rings. The molecule has 0 radical (unpaired) electrons. The molecule has 118 valence electrons. The van der Waals surface area contributed by atoms with Crippen LogP contribution in [-0.2, 0) is 10.0 Å². The molecule has 0 bridgehead atoms. The van der Waals surface area contributed by atoms with E-state index in [2.05, 4.69) is 4.72 Å². The van der Waals surface area contributed by atoms with E-state index >= 15 is 0 Å². The summed E-state index contributed by atoms with van der Waals surface area (Å²) >= 11 is 6.63. The molecule has 3 unspecified atom stereocenters. The molecule has 2 aliphatic rings. The van der Waals surface area contributed by atoms with Crippen LogP contribution in [0.25, 0.3) is 0 Å². The molecule has 2 aliphatic carbocycles. The predicted octanol–water partition coefficient (Wildman–Crippen LogP) is 2.33. The van der Waals surface area contributed by atoms with Crippen molar-refractivity contribution in [3.05, 3.63) is 16.5 Å². The smallest absolute Gasteiger partial charge is 0.254 e. The van der Waals surface area contributed by atoms with Gasteiger partial charge >= 0.3 is 0 Å². The molecule has 21 heavy (non-hydrogen) atoms. The lowest BCUT2D eigenvalue weighted by atomic mass is 9.95. The summed E-state index contributed by atoms with van der Waals surface area (Å²) in [5.41, 5.74) is 0. The topological polar surface area (TPSA) is 66.4 Å². The van der Waals surface area contributed by atoms with E-state index in [1.54, 1.807) is 0 Å². The maximum absolute atomic E-state index is 13.2. The normalized spacial score (nSPS) is 31.9. The zero-order valence-corrected chi connectivity index (χ0v) is 13.2. The Hall–Kier alpha value is -0.280. The number of halogens is 3. The molecule has 3 atom stereocenters. The van der Waals surface area contributed by atoms with Gasteiger partial charge in [0.05, 0.1) is 10.9 Å². The minimum atomic E-state index is -3.78. The maximum atomic E-state index is 13.2. The second-order valence-electron chi connectivity index (χ2n) is 5.59. The zero-order valence-electron chi connectivity index (χ0n) is 10.8. The second-order valence-corrected chi connectivity index (χ2v) is 9.24. The van der Waals surface area contributed by atoms with Crippen LogP contribution < -0.4 is 4.72 Å². The fraction of sp³-hybridized carbons (Fsp3) is 0.667. The van der Waals surface area contributed by atoms with E-state index in [0.29, 0.717) is 4.34 Å². The molecule has 4 nitrogen and oxygen atoms in total. The summed E-state index contributed by atoms with van der Waals surface area (Å²) in [4.78, 5) is 0. The summed E-state index contributed by atoms with van der Waals surface area (Å²) in [7, 11) is -3.78. The molecule has 3 rings (SSSR count). The van der Waals surface area contributed by atoms with Crippen molar-refractivity contribution < 1.29 is 22.3 Å². The van der Waals surface area contributed by atoms with Crippen LogP contribution >= 0.6 is 22.9 Å². The Morgan fingerprint density at radius 2 is 2.05 bits per heavy atom. The number of hydrogen-bond acceptors (Lipinski definition) is 4. The lowest BCUT2D eigenvalue weighted by molar-refractivity contribution is 0.0571. The third-order valence-corrected chi connectivity index (χ3v) is 7.58. The Balaban J connectivity index is 1.68. The lowest BCUT2D eigenvalue weighted by Gasteiger charge is -2.24. The fourth-order valence-corrected chi connectivity index (χ4v) is 5.96. The number of hydrogen-bond donors (Lipinski definition) is 2. The number of aliphatic hydroxyl groups excluding tert-OH is 1. The summed E-state index contributed by atoms with van der Waals surface area (Å²) < 4.78 is 53.5. The molecule has 0 aromatic carbocycles. The third kappa shape index (κ3) is 2.72. The highest BCUT2D eigenvalue weighted by Crippen LogP contribution is 2.66. The van der Waals surface area contributed by atoms with Gasteiger partial charge in [0.15, 0.2) is 0 Å². The van der Waals surface area contributed by atoms with E-state index in [1.807, 2.05) is 0 Å². The molecule has 0 amide bonds. The molecule has 2 saturated carbocycles. The molecule has 0 saturated heterocycles. The van der Waals surface area contributed by atoms with Gasteiger partial charge in [-0.25, -0.2) is 21.9 Å². The Kier molecular flexibility index (Phi) is 3.81. The SMILES string of the molecule is O=S(=O)(NC(CO)C1CC2C(C1)C2(F)F)c1ccc(Cl)s1.